The van der Waals surface area contributed by atoms with E-state index >= 15 is 0 Å². The first-order chi connectivity index (χ1) is 19.7. The van der Waals surface area contributed by atoms with Crippen molar-refractivity contribution in [3.63, 3.8) is 0 Å². The number of hydrogen-bond donors (Lipinski definition) is 1. The van der Waals surface area contributed by atoms with Crippen LogP contribution in [0.15, 0.2) is 54.6 Å². The molecule has 222 valence electrons. The minimum atomic E-state index is -0.756. The Morgan fingerprint density at radius 2 is 1.73 bits per heavy atom. The van der Waals surface area contributed by atoms with E-state index in [-0.39, 0.29) is 36.3 Å². The Labute approximate surface area is 242 Å². The summed E-state index contributed by atoms with van der Waals surface area (Å²) in [5, 5.41) is 20.8. The fourth-order valence-electron chi connectivity index (χ4n) is 6.48. The third-order valence-electron chi connectivity index (χ3n) is 8.55. The van der Waals surface area contributed by atoms with Crippen molar-refractivity contribution in [2.45, 2.75) is 58.2 Å². The van der Waals surface area contributed by atoms with Crippen LogP contribution in [0.2, 0.25) is 0 Å². The highest BCUT2D eigenvalue weighted by Crippen LogP contribution is 2.36. The zero-order valence-electron chi connectivity index (χ0n) is 24.2. The molecule has 2 saturated heterocycles. The van der Waals surface area contributed by atoms with E-state index in [1.807, 2.05) is 26.8 Å². The third kappa shape index (κ3) is 7.62. The van der Waals surface area contributed by atoms with Crippen molar-refractivity contribution in [1.29, 1.82) is 0 Å². The molecule has 2 aliphatic heterocycles. The molecule has 2 aliphatic rings. The normalized spacial score (nSPS) is 21.1. The van der Waals surface area contributed by atoms with E-state index in [1.165, 1.54) is 17.7 Å². The smallest absolute Gasteiger partial charge is 0.410 e. The molecule has 1 amide bonds. The zero-order chi connectivity index (χ0) is 29.5. The van der Waals surface area contributed by atoms with Crippen molar-refractivity contribution in [3.8, 4) is 0 Å². The molecule has 10 nitrogen and oxygen atoms in total. The van der Waals surface area contributed by atoms with Gasteiger partial charge in [-0.3, -0.25) is 19.8 Å². The minimum Gasteiger partial charge on any atom is -0.480 e. The lowest BCUT2D eigenvalue weighted by molar-refractivity contribution is -0.384. The molecule has 4 rings (SSSR count). The maximum absolute atomic E-state index is 12.9. The molecule has 0 unspecified atom stereocenters. The van der Waals surface area contributed by atoms with E-state index in [9.17, 15) is 24.8 Å². The number of rotatable bonds is 11. The van der Waals surface area contributed by atoms with Crippen LogP contribution in [0.1, 0.15) is 50.7 Å². The van der Waals surface area contributed by atoms with E-state index in [1.54, 1.807) is 17.0 Å². The SMILES string of the molecule is CCN(C(=O)OCc1ccc([N+](=O)[O-])cc1)C1CCN(C[C@H]2CN([C@@H](C(=O)O)C(C)C)C[C@@H]2c2ccccc2)CC1. The van der Waals surface area contributed by atoms with Crippen LogP contribution >= 0.6 is 0 Å². The van der Waals surface area contributed by atoms with Crippen molar-refractivity contribution in [2.24, 2.45) is 11.8 Å². The summed E-state index contributed by atoms with van der Waals surface area (Å²) in [4.78, 5) is 41.8. The number of aliphatic carboxylic acids is 1. The van der Waals surface area contributed by atoms with Crippen LogP contribution in [0.4, 0.5) is 10.5 Å². The number of piperidine rings is 1. The Morgan fingerprint density at radius 1 is 1.07 bits per heavy atom. The summed E-state index contributed by atoms with van der Waals surface area (Å²) in [6.45, 7) is 10.6. The predicted octanol–water partition coefficient (Wildman–Crippen LogP) is 4.84. The van der Waals surface area contributed by atoms with Crippen LogP contribution in [0, 0.1) is 22.0 Å². The number of amides is 1. The molecule has 1 N–H and O–H groups in total. The summed E-state index contributed by atoms with van der Waals surface area (Å²) in [6, 6.07) is 16.0. The monoisotopic (exact) mass is 566 g/mol. The molecule has 0 saturated carbocycles. The molecule has 0 spiro atoms. The Bertz CT molecular complexity index is 1170. The van der Waals surface area contributed by atoms with Crippen LogP contribution in [0.3, 0.4) is 0 Å². The largest absolute Gasteiger partial charge is 0.480 e. The van der Waals surface area contributed by atoms with Crippen molar-refractivity contribution < 1.29 is 24.4 Å². The van der Waals surface area contributed by atoms with Crippen LogP contribution in [-0.2, 0) is 16.1 Å². The Hall–Kier alpha value is -3.50. The van der Waals surface area contributed by atoms with Crippen LogP contribution in [0.25, 0.3) is 0 Å². The van der Waals surface area contributed by atoms with Gasteiger partial charge >= 0.3 is 12.1 Å². The molecule has 0 bridgehead atoms. The van der Waals surface area contributed by atoms with Gasteiger partial charge in [0, 0.05) is 63.4 Å². The van der Waals surface area contributed by atoms with Gasteiger partial charge in [0.05, 0.1) is 4.92 Å². The summed E-state index contributed by atoms with van der Waals surface area (Å²) in [5.41, 5.74) is 1.97. The highest BCUT2D eigenvalue weighted by Gasteiger charge is 2.41. The maximum Gasteiger partial charge on any atom is 0.410 e. The summed E-state index contributed by atoms with van der Waals surface area (Å²) < 4.78 is 5.56. The predicted molar refractivity (Wildman–Crippen MR) is 156 cm³/mol. The van der Waals surface area contributed by atoms with Gasteiger partial charge in [0.15, 0.2) is 0 Å². The van der Waals surface area contributed by atoms with Crippen molar-refractivity contribution in [3.05, 3.63) is 75.8 Å². The average Bonchev–Trinajstić information content (AvgIpc) is 3.36. The zero-order valence-corrected chi connectivity index (χ0v) is 24.2. The van der Waals surface area contributed by atoms with Crippen LogP contribution in [-0.4, -0.2) is 88.1 Å². The number of carbonyl (C=O) groups is 2. The van der Waals surface area contributed by atoms with E-state index in [0.717, 1.165) is 45.6 Å². The first-order valence-corrected chi connectivity index (χ1v) is 14.6. The van der Waals surface area contributed by atoms with E-state index < -0.39 is 16.9 Å². The maximum atomic E-state index is 12.9. The number of carbonyl (C=O) groups excluding carboxylic acids is 1. The lowest BCUT2D eigenvalue weighted by atomic mass is 9.88. The van der Waals surface area contributed by atoms with Gasteiger partial charge in [-0.2, -0.15) is 0 Å². The number of nitro groups is 1. The van der Waals surface area contributed by atoms with Gasteiger partial charge in [0.25, 0.3) is 5.69 Å². The average molecular weight is 567 g/mol. The van der Waals surface area contributed by atoms with Gasteiger partial charge in [-0.05, 0) is 54.9 Å². The first kappa shape index (κ1) is 30.5. The molecule has 0 aromatic heterocycles. The summed E-state index contributed by atoms with van der Waals surface area (Å²) >= 11 is 0. The second-order valence-corrected chi connectivity index (χ2v) is 11.6. The number of nitrogens with zero attached hydrogens (tertiary/aromatic N) is 4. The van der Waals surface area contributed by atoms with Crippen molar-refractivity contribution in [2.75, 3.05) is 39.3 Å². The molecule has 2 fully saturated rings. The fourth-order valence-corrected chi connectivity index (χ4v) is 6.48. The molecule has 2 heterocycles. The lowest BCUT2D eigenvalue weighted by Gasteiger charge is -2.39. The van der Waals surface area contributed by atoms with Crippen molar-refractivity contribution >= 4 is 17.7 Å². The van der Waals surface area contributed by atoms with E-state index in [2.05, 4.69) is 34.1 Å². The summed E-state index contributed by atoms with van der Waals surface area (Å²) in [7, 11) is 0. The second-order valence-electron chi connectivity index (χ2n) is 11.6. The Morgan fingerprint density at radius 3 is 2.29 bits per heavy atom. The number of carboxylic acids is 1. The highest BCUT2D eigenvalue weighted by molar-refractivity contribution is 5.74. The van der Waals surface area contributed by atoms with Gasteiger partial charge in [0.2, 0.25) is 0 Å². The standard InChI is InChI=1S/C31H42N4O6/c1-4-34(31(38)41-21-23-10-12-27(13-11-23)35(39)40)26-14-16-32(17-15-26)18-25-19-33(29(22(2)3)30(36)37)20-28(25)24-8-6-5-7-9-24/h5-13,22,25-26,28-29H,4,14-21H2,1-3H3,(H,36,37)/t25-,28+,29+/m0/s1. The molecule has 0 radical (unpaired) electrons. The molecule has 3 atom stereocenters. The molecule has 10 heteroatoms. The van der Waals surface area contributed by atoms with Gasteiger partial charge in [0.1, 0.15) is 12.6 Å². The second kappa shape index (κ2) is 13.9. The number of ether oxygens (including phenoxy) is 1. The number of non-ortho nitro benzene ring substituents is 1. The minimum absolute atomic E-state index is 0.00375. The molecular formula is C31H42N4O6. The Balaban J connectivity index is 1.33. The topological polar surface area (TPSA) is 116 Å². The summed E-state index contributed by atoms with van der Waals surface area (Å²) in [5.74, 6) is -0.133. The number of nitro benzene ring substituents is 1. The van der Waals surface area contributed by atoms with Gasteiger partial charge in [-0.1, -0.05) is 44.2 Å². The molecule has 0 aliphatic carbocycles. The van der Waals surface area contributed by atoms with Gasteiger partial charge in [-0.25, -0.2) is 4.79 Å². The lowest BCUT2D eigenvalue weighted by Crippen LogP contribution is -2.48. The van der Waals surface area contributed by atoms with Crippen LogP contribution in [0.5, 0.6) is 0 Å². The summed E-state index contributed by atoms with van der Waals surface area (Å²) in [6.07, 6.45) is 1.32. The third-order valence-corrected chi connectivity index (χ3v) is 8.55. The van der Waals surface area contributed by atoms with Crippen molar-refractivity contribution in [1.82, 2.24) is 14.7 Å². The number of hydrogen-bond acceptors (Lipinski definition) is 7. The van der Waals surface area contributed by atoms with E-state index in [4.69, 9.17) is 4.74 Å². The van der Waals surface area contributed by atoms with Gasteiger partial charge < -0.3 is 19.6 Å². The molecular weight excluding hydrogens is 524 g/mol. The van der Waals surface area contributed by atoms with Crippen LogP contribution < -0.4 is 0 Å². The number of carboxylic acid groups (broad SMARTS) is 1. The molecule has 2 aromatic rings. The quantitative estimate of drug-likeness (QED) is 0.303. The number of benzene rings is 2. The first-order valence-electron chi connectivity index (χ1n) is 14.6. The van der Waals surface area contributed by atoms with Gasteiger partial charge in [-0.15, -0.1) is 0 Å². The number of likely N-dealkylation sites (tertiary alicyclic amines) is 2. The highest BCUT2D eigenvalue weighted by atomic mass is 16.6. The fraction of sp³-hybridized carbons (Fsp3) is 0.548. The Kier molecular flexibility index (Phi) is 10.3. The molecule has 41 heavy (non-hydrogen) atoms. The molecule has 2 aromatic carbocycles. The van der Waals surface area contributed by atoms with E-state index in [0.29, 0.717) is 18.0 Å².